The fourth-order valence-electron chi connectivity index (χ4n) is 3.81. The van der Waals surface area contributed by atoms with Crippen LogP contribution in [0.4, 0.5) is 0 Å². The molecule has 0 fully saturated rings. The van der Waals surface area contributed by atoms with Crippen LogP contribution in [0, 0.1) is 0 Å². The van der Waals surface area contributed by atoms with Gasteiger partial charge in [-0.3, -0.25) is 9.59 Å². The predicted octanol–water partition coefficient (Wildman–Crippen LogP) is 4.47. The number of ketones is 1. The van der Waals surface area contributed by atoms with Crippen molar-refractivity contribution >= 4 is 34.8 Å². The van der Waals surface area contributed by atoms with Gasteiger partial charge in [0.15, 0.2) is 5.78 Å². The number of thiophene rings is 1. The molecule has 0 radical (unpaired) electrons. The molecule has 2 atom stereocenters. The molecule has 0 spiro atoms. The number of amides is 1. The van der Waals surface area contributed by atoms with E-state index in [0.29, 0.717) is 12.8 Å². The van der Waals surface area contributed by atoms with Crippen LogP contribution in [0.5, 0.6) is 0 Å². The smallest absolute Gasteiger partial charge is 0.225 e. The molecule has 3 nitrogen and oxygen atoms in total. The van der Waals surface area contributed by atoms with Crippen LogP contribution < -0.4 is 5.32 Å². The third kappa shape index (κ3) is 3.18. The van der Waals surface area contributed by atoms with Gasteiger partial charge in [0.1, 0.15) is 0 Å². The van der Waals surface area contributed by atoms with E-state index in [1.807, 2.05) is 17.7 Å². The minimum atomic E-state index is -0.114. The highest BCUT2D eigenvalue weighted by molar-refractivity contribution is 7.98. The van der Waals surface area contributed by atoms with Gasteiger partial charge in [-0.25, -0.2) is 0 Å². The van der Waals surface area contributed by atoms with E-state index in [2.05, 4.69) is 35.6 Å². The molecule has 25 heavy (non-hydrogen) atoms. The second-order valence-electron chi connectivity index (χ2n) is 6.51. The van der Waals surface area contributed by atoms with Gasteiger partial charge in [0, 0.05) is 45.7 Å². The van der Waals surface area contributed by atoms with Gasteiger partial charge in [-0.15, -0.1) is 23.1 Å². The number of hydrogen-bond donors (Lipinski definition) is 1. The van der Waals surface area contributed by atoms with Gasteiger partial charge in [-0.1, -0.05) is 18.2 Å². The molecule has 0 bridgehead atoms. The molecule has 1 aromatic carbocycles. The summed E-state index contributed by atoms with van der Waals surface area (Å²) in [5.74, 6) is 0.261. The molecular weight excluding hydrogens is 350 g/mol. The first-order chi connectivity index (χ1) is 12.2. The van der Waals surface area contributed by atoms with E-state index in [9.17, 15) is 9.59 Å². The summed E-state index contributed by atoms with van der Waals surface area (Å²) in [5, 5.41) is 5.02. The molecule has 2 heterocycles. The van der Waals surface area contributed by atoms with E-state index in [1.54, 1.807) is 23.1 Å². The van der Waals surface area contributed by atoms with Crippen LogP contribution in [0.1, 0.15) is 41.5 Å². The molecule has 1 amide bonds. The van der Waals surface area contributed by atoms with Crippen molar-refractivity contribution < 1.29 is 9.59 Å². The van der Waals surface area contributed by atoms with Gasteiger partial charge in [-0.2, -0.15) is 0 Å². The summed E-state index contributed by atoms with van der Waals surface area (Å²) in [5.41, 5.74) is 2.72. The molecule has 4 rings (SSSR count). The first-order valence-corrected chi connectivity index (χ1v) is 10.5. The highest BCUT2D eigenvalue weighted by Gasteiger charge is 2.38. The normalized spacial score (nSPS) is 23.4. The summed E-state index contributed by atoms with van der Waals surface area (Å²) in [6, 6.07) is 12.3. The summed E-state index contributed by atoms with van der Waals surface area (Å²) in [4.78, 5) is 27.6. The Balaban J connectivity index is 1.70. The van der Waals surface area contributed by atoms with E-state index >= 15 is 0 Å². The summed E-state index contributed by atoms with van der Waals surface area (Å²) in [7, 11) is 0. The molecule has 1 aliphatic heterocycles. The summed E-state index contributed by atoms with van der Waals surface area (Å²) in [6.45, 7) is 0. The van der Waals surface area contributed by atoms with Crippen LogP contribution in [0.3, 0.4) is 0 Å². The molecule has 1 aromatic heterocycles. The van der Waals surface area contributed by atoms with Gasteiger partial charge < -0.3 is 5.32 Å². The first kappa shape index (κ1) is 16.6. The van der Waals surface area contributed by atoms with E-state index < -0.39 is 0 Å². The Morgan fingerprint density at radius 3 is 2.56 bits per heavy atom. The lowest BCUT2D eigenvalue weighted by Gasteiger charge is -2.34. The first-order valence-electron chi connectivity index (χ1n) is 8.39. The SMILES string of the molecule is CSc1ccc([C@@H]2CC(=O)NC3=C2C(=O)C[C@@H](c2cccs2)C3)cc1. The lowest BCUT2D eigenvalue weighted by Crippen LogP contribution is -2.38. The van der Waals surface area contributed by atoms with E-state index in [4.69, 9.17) is 0 Å². The van der Waals surface area contributed by atoms with Gasteiger partial charge in [0.25, 0.3) is 0 Å². The Kier molecular flexibility index (Phi) is 4.52. The maximum Gasteiger partial charge on any atom is 0.225 e. The highest BCUT2D eigenvalue weighted by atomic mass is 32.2. The third-order valence-corrected chi connectivity index (χ3v) is 6.78. The predicted molar refractivity (Wildman–Crippen MR) is 102 cm³/mol. The standard InChI is InChI=1S/C20H19NO2S2/c1-24-14-6-4-12(5-7-14)15-11-19(23)21-16-9-13(10-17(22)20(15)16)18-3-2-8-25-18/h2-8,13,15H,9-11H2,1H3,(H,21,23)/t13-,15-/m0/s1. The molecule has 0 unspecified atom stereocenters. The Bertz CT molecular complexity index is 837. The second-order valence-corrected chi connectivity index (χ2v) is 8.37. The Labute approximate surface area is 155 Å². The maximum atomic E-state index is 12.9. The number of thioether (sulfide) groups is 1. The average molecular weight is 370 g/mol. The number of nitrogens with one attached hydrogen (secondary N) is 1. The van der Waals surface area contributed by atoms with Crippen molar-refractivity contribution in [3.05, 3.63) is 63.5 Å². The third-order valence-electron chi connectivity index (χ3n) is 5.00. The monoisotopic (exact) mass is 369 g/mol. The van der Waals surface area contributed by atoms with Crippen LogP contribution in [-0.4, -0.2) is 17.9 Å². The minimum Gasteiger partial charge on any atom is -0.329 e. The number of Topliss-reactive ketones (excluding diaryl/α,β-unsaturated/α-hetero) is 1. The zero-order chi connectivity index (χ0) is 17.4. The molecule has 1 N–H and O–H groups in total. The van der Waals surface area contributed by atoms with Gasteiger partial charge in [-0.05, 0) is 41.8 Å². The average Bonchev–Trinajstić information content (AvgIpc) is 3.15. The van der Waals surface area contributed by atoms with Gasteiger partial charge >= 0.3 is 0 Å². The topological polar surface area (TPSA) is 46.2 Å². The number of hydrogen-bond acceptors (Lipinski definition) is 4. The molecular formula is C20H19NO2S2. The second kappa shape index (κ2) is 6.81. The zero-order valence-electron chi connectivity index (χ0n) is 14.0. The number of benzene rings is 1. The molecule has 128 valence electrons. The quantitative estimate of drug-likeness (QED) is 0.812. The zero-order valence-corrected chi connectivity index (χ0v) is 15.6. The number of rotatable bonds is 3. The molecule has 0 saturated carbocycles. The Morgan fingerprint density at radius 2 is 1.88 bits per heavy atom. The van der Waals surface area contributed by atoms with Crippen molar-refractivity contribution in [2.24, 2.45) is 0 Å². The van der Waals surface area contributed by atoms with E-state index in [0.717, 1.165) is 23.3 Å². The van der Waals surface area contributed by atoms with Crippen molar-refractivity contribution in [2.75, 3.05) is 6.26 Å². The highest BCUT2D eigenvalue weighted by Crippen LogP contribution is 2.43. The van der Waals surface area contributed by atoms with Crippen molar-refractivity contribution in [1.82, 2.24) is 5.32 Å². The van der Waals surface area contributed by atoms with Crippen LogP contribution in [0.15, 0.2) is 57.9 Å². The number of allylic oxidation sites excluding steroid dienone is 2. The Hall–Kier alpha value is -1.85. The number of carbonyl (C=O) groups is 2. The fourth-order valence-corrected chi connectivity index (χ4v) is 5.04. The minimum absolute atomic E-state index is 0.0114. The van der Waals surface area contributed by atoms with Crippen molar-refractivity contribution in [3.8, 4) is 0 Å². The maximum absolute atomic E-state index is 12.9. The molecule has 2 aliphatic rings. The summed E-state index contributed by atoms with van der Waals surface area (Å²) in [6.07, 6.45) is 3.67. The molecule has 2 aromatic rings. The summed E-state index contributed by atoms with van der Waals surface area (Å²) >= 11 is 3.37. The van der Waals surface area contributed by atoms with Crippen molar-refractivity contribution in [1.29, 1.82) is 0 Å². The van der Waals surface area contributed by atoms with E-state index in [1.165, 1.54) is 9.77 Å². The van der Waals surface area contributed by atoms with Gasteiger partial charge in [0.05, 0.1) is 0 Å². The van der Waals surface area contributed by atoms with Crippen LogP contribution >= 0.6 is 23.1 Å². The summed E-state index contributed by atoms with van der Waals surface area (Å²) < 4.78 is 0. The van der Waals surface area contributed by atoms with Crippen LogP contribution in [-0.2, 0) is 9.59 Å². The van der Waals surface area contributed by atoms with E-state index in [-0.39, 0.29) is 23.5 Å². The largest absolute Gasteiger partial charge is 0.329 e. The lowest BCUT2D eigenvalue weighted by molar-refractivity contribution is -0.122. The van der Waals surface area contributed by atoms with Crippen LogP contribution in [0.2, 0.25) is 0 Å². The number of carbonyl (C=O) groups excluding carboxylic acids is 2. The molecule has 1 aliphatic carbocycles. The van der Waals surface area contributed by atoms with Crippen LogP contribution in [0.25, 0.3) is 0 Å². The fraction of sp³-hybridized carbons (Fsp3) is 0.300. The molecule has 5 heteroatoms. The van der Waals surface area contributed by atoms with Crippen molar-refractivity contribution in [3.63, 3.8) is 0 Å². The van der Waals surface area contributed by atoms with Crippen molar-refractivity contribution in [2.45, 2.75) is 36.0 Å². The Morgan fingerprint density at radius 1 is 1.08 bits per heavy atom. The lowest BCUT2D eigenvalue weighted by atomic mass is 9.75. The molecule has 0 saturated heterocycles. The van der Waals surface area contributed by atoms with Gasteiger partial charge in [0.2, 0.25) is 5.91 Å².